The van der Waals surface area contributed by atoms with Gasteiger partial charge in [0.1, 0.15) is 24.7 Å². The molecule has 0 saturated carbocycles. The van der Waals surface area contributed by atoms with Crippen molar-refractivity contribution in [1.29, 1.82) is 0 Å². The number of carbonyl (C=O) groups excluding carboxylic acids is 1. The fraction of sp³-hybridized carbons (Fsp3) is 0.300. The first kappa shape index (κ1) is 23.5. The van der Waals surface area contributed by atoms with Crippen LogP contribution in [0, 0.1) is 0 Å². The number of halogens is 1. The van der Waals surface area contributed by atoms with E-state index in [1.807, 2.05) is 48.5 Å². The molecule has 7 nitrogen and oxygen atoms in total. The summed E-state index contributed by atoms with van der Waals surface area (Å²) < 4.78 is 11.3. The molecule has 0 heterocycles. The zero-order valence-electron chi connectivity index (χ0n) is 16.1. The lowest BCUT2D eigenvalue weighted by Gasteiger charge is -2.13. The molecule has 2 rings (SSSR count). The largest absolute Gasteiger partial charge is 0.492 e. The predicted octanol–water partition coefficient (Wildman–Crippen LogP) is 2.89. The number of carbonyl (C=O) groups is 1. The fourth-order valence-electron chi connectivity index (χ4n) is 2.28. The molecule has 152 valence electrons. The van der Waals surface area contributed by atoms with Crippen LogP contribution < -0.4 is 25.4 Å². The van der Waals surface area contributed by atoms with Crippen LogP contribution in [0.15, 0.2) is 59.6 Å². The number of hydrogen-bond donors (Lipinski definition) is 3. The summed E-state index contributed by atoms with van der Waals surface area (Å²) in [6.07, 6.45) is 0. The normalized spacial score (nSPS) is 10.4. The molecule has 0 aliphatic carbocycles. The SMILES string of the molecule is CN=C(NCCOc1ccccc1)NCCOc1cccc(NC(C)=O)c1.I. The van der Waals surface area contributed by atoms with Crippen molar-refractivity contribution in [2.24, 2.45) is 4.99 Å². The molecule has 0 aromatic heterocycles. The van der Waals surface area contributed by atoms with Crippen LogP contribution >= 0.6 is 24.0 Å². The summed E-state index contributed by atoms with van der Waals surface area (Å²) in [5.41, 5.74) is 0.712. The van der Waals surface area contributed by atoms with E-state index >= 15 is 0 Å². The van der Waals surface area contributed by atoms with Crippen LogP contribution in [0.2, 0.25) is 0 Å². The highest BCUT2D eigenvalue weighted by molar-refractivity contribution is 14.0. The van der Waals surface area contributed by atoms with Crippen molar-refractivity contribution in [2.75, 3.05) is 38.7 Å². The van der Waals surface area contributed by atoms with Gasteiger partial charge in [-0.3, -0.25) is 9.79 Å². The second-order valence-electron chi connectivity index (χ2n) is 5.64. The molecule has 2 aromatic rings. The third-order valence-electron chi connectivity index (χ3n) is 3.45. The van der Waals surface area contributed by atoms with Gasteiger partial charge in [0, 0.05) is 25.7 Å². The van der Waals surface area contributed by atoms with E-state index in [4.69, 9.17) is 9.47 Å². The molecule has 0 aliphatic heterocycles. The molecular weight excluding hydrogens is 471 g/mol. The Morgan fingerprint density at radius 1 is 0.929 bits per heavy atom. The van der Waals surface area contributed by atoms with E-state index in [0.717, 1.165) is 5.75 Å². The molecule has 0 atom stereocenters. The Labute approximate surface area is 182 Å². The molecule has 0 spiro atoms. The first-order valence-corrected chi connectivity index (χ1v) is 8.80. The van der Waals surface area contributed by atoms with Crippen molar-refractivity contribution in [3.63, 3.8) is 0 Å². The summed E-state index contributed by atoms with van der Waals surface area (Å²) in [4.78, 5) is 15.3. The molecule has 8 heteroatoms. The lowest BCUT2D eigenvalue weighted by molar-refractivity contribution is -0.114. The fourth-order valence-corrected chi connectivity index (χ4v) is 2.28. The number of ether oxygens (including phenoxy) is 2. The minimum absolute atomic E-state index is 0. The van der Waals surface area contributed by atoms with E-state index in [-0.39, 0.29) is 29.9 Å². The first-order chi connectivity index (χ1) is 13.2. The summed E-state index contributed by atoms with van der Waals surface area (Å²) in [6, 6.07) is 17.0. The lowest BCUT2D eigenvalue weighted by Crippen LogP contribution is -2.40. The average molecular weight is 498 g/mol. The van der Waals surface area contributed by atoms with Crippen molar-refractivity contribution in [1.82, 2.24) is 10.6 Å². The number of para-hydroxylation sites is 1. The van der Waals surface area contributed by atoms with Gasteiger partial charge in [0.2, 0.25) is 5.91 Å². The maximum atomic E-state index is 11.1. The van der Waals surface area contributed by atoms with Crippen molar-refractivity contribution in [2.45, 2.75) is 6.92 Å². The molecule has 0 unspecified atom stereocenters. The van der Waals surface area contributed by atoms with Crippen molar-refractivity contribution in [3.8, 4) is 11.5 Å². The van der Waals surface area contributed by atoms with E-state index in [0.29, 0.717) is 43.7 Å². The molecule has 3 N–H and O–H groups in total. The number of hydrogen-bond acceptors (Lipinski definition) is 4. The summed E-state index contributed by atoms with van der Waals surface area (Å²) in [5.74, 6) is 2.11. The Morgan fingerprint density at radius 3 is 2.14 bits per heavy atom. The number of anilines is 1. The summed E-state index contributed by atoms with van der Waals surface area (Å²) in [5, 5.41) is 9.08. The van der Waals surface area contributed by atoms with Crippen molar-refractivity contribution >= 4 is 41.5 Å². The van der Waals surface area contributed by atoms with Gasteiger partial charge >= 0.3 is 0 Å². The Morgan fingerprint density at radius 2 is 1.54 bits per heavy atom. The van der Waals surface area contributed by atoms with Gasteiger partial charge in [-0.15, -0.1) is 24.0 Å². The van der Waals surface area contributed by atoms with Gasteiger partial charge in [-0.2, -0.15) is 0 Å². The highest BCUT2D eigenvalue weighted by Crippen LogP contribution is 2.17. The molecule has 0 aliphatic rings. The standard InChI is InChI=1S/C20H26N4O3.HI/c1-16(25)24-17-7-6-10-19(15-17)27-14-12-23-20(21-2)22-11-13-26-18-8-4-3-5-9-18;/h3-10,15H,11-14H2,1-2H3,(H,24,25)(H2,21,22,23);1H. The Kier molecular flexibility index (Phi) is 11.5. The maximum absolute atomic E-state index is 11.1. The summed E-state index contributed by atoms with van der Waals surface area (Å²) >= 11 is 0. The van der Waals surface area contributed by atoms with E-state index in [2.05, 4.69) is 20.9 Å². The molecule has 2 aromatic carbocycles. The maximum Gasteiger partial charge on any atom is 0.221 e. The molecule has 0 radical (unpaired) electrons. The second-order valence-corrected chi connectivity index (χ2v) is 5.64. The van der Waals surface area contributed by atoms with Gasteiger partial charge in [-0.25, -0.2) is 0 Å². The molecule has 0 saturated heterocycles. The first-order valence-electron chi connectivity index (χ1n) is 8.80. The van der Waals surface area contributed by atoms with E-state index in [9.17, 15) is 4.79 Å². The van der Waals surface area contributed by atoms with Gasteiger partial charge in [-0.05, 0) is 24.3 Å². The minimum Gasteiger partial charge on any atom is -0.492 e. The van der Waals surface area contributed by atoms with Crippen molar-refractivity contribution < 1.29 is 14.3 Å². The molecule has 28 heavy (non-hydrogen) atoms. The minimum atomic E-state index is -0.111. The zero-order chi connectivity index (χ0) is 19.3. The number of nitrogens with one attached hydrogen (secondary N) is 3. The van der Waals surface area contributed by atoms with E-state index in [1.54, 1.807) is 13.1 Å². The zero-order valence-corrected chi connectivity index (χ0v) is 18.4. The molecule has 1 amide bonds. The number of nitrogens with zero attached hydrogens (tertiary/aromatic N) is 1. The number of aliphatic imine (C=N–C) groups is 1. The van der Waals surface area contributed by atoms with E-state index < -0.39 is 0 Å². The summed E-state index contributed by atoms with van der Waals surface area (Å²) in [6.45, 7) is 3.70. The van der Waals surface area contributed by atoms with Crippen LogP contribution in [-0.2, 0) is 4.79 Å². The smallest absolute Gasteiger partial charge is 0.221 e. The summed E-state index contributed by atoms with van der Waals surface area (Å²) in [7, 11) is 1.71. The molecule has 0 bridgehead atoms. The Hall–Kier alpha value is -2.49. The number of amides is 1. The number of benzene rings is 2. The Bertz CT molecular complexity index is 741. The van der Waals surface area contributed by atoms with Crippen LogP contribution in [0.3, 0.4) is 0 Å². The second kappa shape index (κ2) is 13.6. The number of rotatable bonds is 9. The van der Waals surface area contributed by atoms with Crippen LogP contribution in [-0.4, -0.2) is 45.2 Å². The topological polar surface area (TPSA) is 84.0 Å². The van der Waals surface area contributed by atoms with Gasteiger partial charge < -0.3 is 25.4 Å². The molecule has 0 fully saturated rings. The van der Waals surface area contributed by atoms with Crippen LogP contribution in [0.25, 0.3) is 0 Å². The third kappa shape index (κ3) is 9.45. The van der Waals surface area contributed by atoms with Crippen molar-refractivity contribution in [3.05, 3.63) is 54.6 Å². The van der Waals surface area contributed by atoms with Crippen LogP contribution in [0.1, 0.15) is 6.92 Å². The van der Waals surface area contributed by atoms with Gasteiger partial charge in [-0.1, -0.05) is 24.3 Å². The third-order valence-corrected chi connectivity index (χ3v) is 3.45. The van der Waals surface area contributed by atoms with Gasteiger partial charge in [0.25, 0.3) is 0 Å². The van der Waals surface area contributed by atoms with E-state index in [1.165, 1.54) is 6.92 Å². The van der Waals surface area contributed by atoms with Gasteiger partial charge in [0.15, 0.2) is 5.96 Å². The monoisotopic (exact) mass is 498 g/mol. The highest BCUT2D eigenvalue weighted by atomic mass is 127. The van der Waals surface area contributed by atoms with Crippen LogP contribution in [0.4, 0.5) is 5.69 Å². The molecular formula is C20H27IN4O3. The van der Waals surface area contributed by atoms with Gasteiger partial charge in [0.05, 0.1) is 13.1 Å². The van der Waals surface area contributed by atoms with Crippen LogP contribution in [0.5, 0.6) is 11.5 Å². The quantitative estimate of drug-likeness (QED) is 0.214. The average Bonchev–Trinajstić information content (AvgIpc) is 2.67. The Balaban J connectivity index is 0.00000392. The number of guanidine groups is 1. The lowest BCUT2D eigenvalue weighted by atomic mass is 10.3. The highest BCUT2D eigenvalue weighted by Gasteiger charge is 2.00. The predicted molar refractivity (Wildman–Crippen MR) is 123 cm³/mol.